The van der Waals surface area contributed by atoms with Crippen molar-refractivity contribution in [1.29, 1.82) is 0 Å². The number of nitrogens with one attached hydrogen (secondary N) is 2. The lowest BCUT2D eigenvalue weighted by molar-refractivity contribution is -0.136. The van der Waals surface area contributed by atoms with Gasteiger partial charge in [-0.05, 0) is 37.1 Å². The molecule has 0 saturated carbocycles. The number of benzene rings is 1. The summed E-state index contributed by atoms with van der Waals surface area (Å²) in [5.41, 5.74) is 4.57. The van der Waals surface area contributed by atoms with E-state index in [1.807, 2.05) is 0 Å². The van der Waals surface area contributed by atoms with Crippen LogP contribution < -0.4 is 15.6 Å². The fourth-order valence-corrected chi connectivity index (χ4v) is 2.54. The van der Waals surface area contributed by atoms with Crippen LogP contribution in [-0.2, 0) is 14.4 Å². The summed E-state index contributed by atoms with van der Waals surface area (Å²) in [4.78, 5) is 36.8. The van der Waals surface area contributed by atoms with Crippen molar-refractivity contribution in [2.45, 2.75) is 25.7 Å². The monoisotopic (exact) mass is 397 g/mol. The average Bonchev–Trinajstić information content (AvgIpc) is 2.77. The van der Waals surface area contributed by atoms with Crippen molar-refractivity contribution in [1.82, 2.24) is 15.8 Å². The lowest BCUT2D eigenvalue weighted by atomic mass is 10.2. The Morgan fingerprint density at radius 1 is 1.08 bits per heavy atom. The topological polar surface area (TPSA) is 87.7 Å². The standard InChI is InChI=1S/C16H20BrN3O4/c17-12-5-7-13(8-6-12)24-11-15(22)19-18-14(21)10-20-9-3-1-2-4-16(20)23/h5-8H,1-4,9-11H2,(H,18,21)(H,19,22). The highest BCUT2D eigenvalue weighted by molar-refractivity contribution is 9.10. The van der Waals surface area contributed by atoms with Crippen molar-refractivity contribution >= 4 is 33.7 Å². The van der Waals surface area contributed by atoms with Gasteiger partial charge in [0, 0.05) is 17.4 Å². The van der Waals surface area contributed by atoms with Crippen molar-refractivity contribution in [3.8, 4) is 5.75 Å². The van der Waals surface area contributed by atoms with Crippen LogP contribution in [0.15, 0.2) is 28.7 Å². The smallest absolute Gasteiger partial charge is 0.276 e. The molecular formula is C16H20BrN3O4. The summed E-state index contributed by atoms with van der Waals surface area (Å²) < 4.78 is 6.20. The number of hydrogen-bond donors (Lipinski definition) is 2. The number of carbonyl (C=O) groups excluding carboxylic acids is 3. The fourth-order valence-electron chi connectivity index (χ4n) is 2.27. The summed E-state index contributed by atoms with van der Waals surface area (Å²) in [5, 5.41) is 0. The lowest BCUT2D eigenvalue weighted by Crippen LogP contribution is -2.48. The molecule has 0 radical (unpaired) electrons. The number of halogens is 1. The molecule has 0 spiro atoms. The molecule has 0 aromatic heterocycles. The molecule has 8 heteroatoms. The Hall–Kier alpha value is -2.09. The predicted molar refractivity (Wildman–Crippen MR) is 91.0 cm³/mol. The van der Waals surface area contributed by atoms with Crippen molar-refractivity contribution in [2.75, 3.05) is 19.7 Å². The van der Waals surface area contributed by atoms with Crippen LogP contribution in [0.4, 0.5) is 0 Å². The summed E-state index contributed by atoms with van der Waals surface area (Å²) in [6.45, 7) is 0.310. The average molecular weight is 398 g/mol. The van der Waals surface area contributed by atoms with Crippen LogP contribution in [0.1, 0.15) is 25.7 Å². The first-order valence-corrected chi connectivity index (χ1v) is 8.58. The number of rotatable bonds is 5. The lowest BCUT2D eigenvalue weighted by Gasteiger charge is -2.19. The van der Waals surface area contributed by atoms with Gasteiger partial charge in [0.05, 0.1) is 0 Å². The van der Waals surface area contributed by atoms with Crippen molar-refractivity contribution in [2.24, 2.45) is 0 Å². The third kappa shape index (κ3) is 6.19. The van der Waals surface area contributed by atoms with E-state index in [0.717, 1.165) is 23.7 Å². The number of likely N-dealkylation sites (tertiary alicyclic amines) is 1. The van der Waals surface area contributed by atoms with Gasteiger partial charge in [-0.25, -0.2) is 0 Å². The van der Waals surface area contributed by atoms with Gasteiger partial charge >= 0.3 is 0 Å². The van der Waals surface area contributed by atoms with E-state index in [9.17, 15) is 14.4 Å². The quantitative estimate of drug-likeness (QED) is 0.734. The highest BCUT2D eigenvalue weighted by Crippen LogP contribution is 2.15. The van der Waals surface area contributed by atoms with Gasteiger partial charge in [0.25, 0.3) is 11.8 Å². The second-order valence-corrected chi connectivity index (χ2v) is 6.38. The molecule has 1 heterocycles. The van der Waals surface area contributed by atoms with Gasteiger partial charge in [-0.3, -0.25) is 25.2 Å². The number of amides is 3. The number of nitrogens with zero attached hydrogens (tertiary/aromatic N) is 1. The SMILES string of the molecule is O=C(COc1ccc(Br)cc1)NNC(=O)CN1CCCCCC1=O. The zero-order valence-electron chi connectivity index (χ0n) is 13.2. The first-order valence-electron chi connectivity index (χ1n) is 7.78. The van der Waals surface area contributed by atoms with Crippen molar-refractivity contribution in [3.63, 3.8) is 0 Å². The number of hydrogen-bond acceptors (Lipinski definition) is 4. The molecule has 1 aromatic carbocycles. The largest absolute Gasteiger partial charge is 0.484 e. The second-order valence-electron chi connectivity index (χ2n) is 5.46. The summed E-state index contributed by atoms with van der Waals surface area (Å²) >= 11 is 3.31. The number of ether oxygens (including phenoxy) is 1. The second kappa shape index (κ2) is 9.27. The molecule has 1 aliphatic rings. The van der Waals surface area contributed by atoms with Crippen LogP contribution >= 0.6 is 15.9 Å². The predicted octanol–water partition coefficient (Wildman–Crippen LogP) is 1.38. The minimum absolute atomic E-state index is 0.0208. The molecule has 0 aliphatic carbocycles. The Labute approximate surface area is 148 Å². The molecule has 3 amide bonds. The fraction of sp³-hybridized carbons (Fsp3) is 0.438. The van der Waals surface area contributed by atoms with Crippen LogP contribution in [0.5, 0.6) is 5.75 Å². The highest BCUT2D eigenvalue weighted by Gasteiger charge is 2.19. The van der Waals surface area contributed by atoms with Gasteiger partial charge in [-0.2, -0.15) is 0 Å². The molecule has 1 fully saturated rings. The third-order valence-electron chi connectivity index (χ3n) is 3.53. The molecule has 2 N–H and O–H groups in total. The third-order valence-corrected chi connectivity index (χ3v) is 4.06. The van der Waals surface area contributed by atoms with Gasteiger partial charge in [0.15, 0.2) is 6.61 Å². The Morgan fingerprint density at radius 2 is 1.79 bits per heavy atom. The van der Waals surface area contributed by atoms with Crippen molar-refractivity contribution in [3.05, 3.63) is 28.7 Å². The van der Waals surface area contributed by atoms with Gasteiger partial charge in [0.2, 0.25) is 5.91 Å². The van der Waals surface area contributed by atoms with E-state index < -0.39 is 11.8 Å². The molecule has 130 valence electrons. The zero-order chi connectivity index (χ0) is 17.4. The van der Waals surface area contributed by atoms with Gasteiger partial charge in [-0.15, -0.1) is 0 Å². The van der Waals surface area contributed by atoms with Crippen LogP contribution in [0.3, 0.4) is 0 Å². The molecule has 0 atom stereocenters. The molecule has 24 heavy (non-hydrogen) atoms. The van der Waals surface area contributed by atoms with Crippen LogP contribution in [0, 0.1) is 0 Å². The van der Waals surface area contributed by atoms with Crippen LogP contribution in [0.25, 0.3) is 0 Å². The van der Waals surface area contributed by atoms with E-state index in [-0.39, 0.29) is 19.1 Å². The molecule has 0 unspecified atom stereocenters. The first kappa shape index (κ1) is 18.3. The van der Waals surface area contributed by atoms with E-state index in [2.05, 4.69) is 26.8 Å². The van der Waals surface area contributed by atoms with E-state index >= 15 is 0 Å². The summed E-state index contributed by atoms with van der Waals surface area (Å²) in [7, 11) is 0. The number of hydrazine groups is 1. The maximum atomic E-state index is 11.8. The minimum atomic E-state index is -0.478. The number of carbonyl (C=O) groups is 3. The van der Waals surface area contributed by atoms with Gasteiger partial charge < -0.3 is 9.64 Å². The Bertz CT molecular complexity index is 591. The van der Waals surface area contributed by atoms with Crippen molar-refractivity contribution < 1.29 is 19.1 Å². The summed E-state index contributed by atoms with van der Waals surface area (Å²) in [6.07, 6.45) is 3.22. The van der Waals surface area contributed by atoms with Crippen LogP contribution in [0.2, 0.25) is 0 Å². The highest BCUT2D eigenvalue weighted by atomic mass is 79.9. The Kier molecular flexibility index (Phi) is 7.05. The van der Waals surface area contributed by atoms with E-state index in [4.69, 9.17) is 4.74 Å². The van der Waals surface area contributed by atoms with E-state index in [0.29, 0.717) is 18.7 Å². The minimum Gasteiger partial charge on any atom is -0.484 e. The Morgan fingerprint density at radius 3 is 2.54 bits per heavy atom. The molecule has 1 aliphatic heterocycles. The molecule has 0 bridgehead atoms. The normalized spacial score (nSPS) is 14.7. The maximum Gasteiger partial charge on any atom is 0.276 e. The zero-order valence-corrected chi connectivity index (χ0v) is 14.8. The molecule has 2 rings (SSSR count). The molecule has 1 saturated heterocycles. The molecule has 7 nitrogen and oxygen atoms in total. The first-order chi connectivity index (χ1) is 11.5. The summed E-state index contributed by atoms with van der Waals surface area (Å²) in [6, 6.07) is 7.04. The van der Waals surface area contributed by atoms with Gasteiger partial charge in [0.1, 0.15) is 12.3 Å². The molecule has 1 aromatic rings. The van der Waals surface area contributed by atoms with E-state index in [1.54, 1.807) is 24.3 Å². The molecular weight excluding hydrogens is 378 g/mol. The van der Waals surface area contributed by atoms with Gasteiger partial charge in [-0.1, -0.05) is 22.4 Å². The van der Waals surface area contributed by atoms with Crippen LogP contribution in [-0.4, -0.2) is 42.3 Å². The van der Waals surface area contributed by atoms with E-state index in [1.165, 1.54) is 4.90 Å². The Balaban J connectivity index is 1.67. The maximum absolute atomic E-state index is 11.8. The summed E-state index contributed by atoms with van der Waals surface area (Å²) in [5.74, 6) is -0.377.